The van der Waals surface area contributed by atoms with Gasteiger partial charge in [0.05, 0.1) is 11.4 Å². The highest BCUT2D eigenvalue weighted by molar-refractivity contribution is 5.46. The first-order chi connectivity index (χ1) is 8.16. The summed E-state index contributed by atoms with van der Waals surface area (Å²) in [4.78, 5) is 8.92. The highest BCUT2D eigenvalue weighted by Gasteiger charge is 2.23. The average Bonchev–Trinajstić information content (AvgIpc) is 2.95. The van der Waals surface area contributed by atoms with E-state index in [0.717, 1.165) is 24.6 Å². The molecule has 0 atom stereocenters. The Balaban J connectivity index is 2.03. The second kappa shape index (κ2) is 3.66. The van der Waals surface area contributed by atoms with Gasteiger partial charge >= 0.3 is 0 Å². The van der Waals surface area contributed by atoms with Crippen LogP contribution in [0, 0.1) is 0 Å². The molecule has 2 aromatic rings. The predicted octanol–water partition coefficient (Wildman–Crippen LogP) is 1.20. The molecule has 0 aliphatic carbocycles. The number of nitrogens with one attached hydrogen (secondary N) is 1. The first-order valence-electron chi connectivity index (χ1n) is 5.76. The third-order valence-electron chi connectivity index (χ3n) is 3.02. The van der Waals surface area contributed by atoms with Crippen LogP contribution in [0.5, 0.6) is 0 Å². The fraction of sp³-hybridized carbons (Fsp3) is 0.545. The minimum absolute atomic E-state index is 0.241. The SMILES string of the molecule is CC(C)c1nc(-c2nc3c(n2C)CNC3)no1. The molecule has 1 aliphatic heterocycles. The van der Waals surface area contributed by atoms with Gasteiger partial charge in [-0.15, -0.1) is 0 Å². The molecule has 1 N–H and O–H groups in total. The van der Waals surface area contributed by atoms with Crippen LogP contribution in [0.25, 0.3) is 11.6 Å². The van der Waals surface area contributed by atoms with Crippen molar-refractivity contribution >= 4 is 0 Å². The Hall–Kier alpha value is -1.69. The van der Waals surface area contributed by atoms with Gasteiger partial charge in [-0.3, -0.25) is 0 Å². The molecule has 0 fully saturated rings. The smallest absolute Gasteiger partial charge is 0.238 e. The molecule has 0 saturated carbocycles. The van der Waals surface area contributed by atoms with Crippen molar-refractivity contribution in [2.24, 2.45) is 7.05 Å². The van der Waals surface area contributed by atoms with Crippen molar-refractivity contribution in [1.29, 1.82) is 0 Å². The van der Waals surface area contributed by atoms with E-state index in [2.05, 4.69) is 20.4 Å². The molecule has 17 heavy (non-hydrogen) atoms. The summed E-state index contributed by atoms with van der Waals surface area (Å²) in [6, 6.07) is 0. The summed E-state index contributed by atoms with van der Waals surface area (Å²) in [5.74, 6) is 2.25. The molecule has 0 spiro atoms. The summed E-state index contributed by atoms with van der Waals surface area (Å²) in [6.07, 6.45) is 0. The molecule has 0 aromatic carbocycles. The lowest BCUT2D eigenvalue weighted by molar-refractivity contribution is 0.365. The second-order valence-corrected chi connectivity index (χ2v) is 4.60. The number of fused-ring (bicyclic) bond motifs is 1. The van der Waals surface area contributed by atoms with Crippen molar-refractivity contribution in [3.05, 3.63) is 17.3 Å². The first-order valence-corrected chi connectivity index (χ1v) is 5.76. The highest BCUT2D eigenvalue weighted by Crippen LogP contribution is 2.23. The van der Waals surface area contributed by atoms with E-state index in [-0.39, 0.29) is 5.92 Å². The zero-order chi connectivity index (χ0) is 12.0. The Kier molecular flexibility index (Phi) is 2.25. The molecule has 90 valence electrons. The van der Waals surface area contributed by atoms with Gasteiger partial charge in [-0.25, -0.2) is 4.98 Å². The normalized spacial score (nSPS) is 14.6. The van der Waals surface area contributed by atoms with Crippen molar-refractivity contribution in [1.82, 2.24) is 25.0 Å². The molecular formula is C11H15N5O. The van der Waals surface area contributed by atoms with Crippen LogP contribution in [0.2, 0.25) is 0 Å². The molecule has 2 aromatic heterocycles. The molecule has 1 aliphatic rings. The lowest BCUT2D eigenvalue weighted by Crippen LogP contribution is -2.06. The highest BCUT2D eigenvalue weighted by atomic mass is 16.5. The van der Waals surface area contributed by atoms with E-state index in [9.17, 15) is 0 Å². The van der Waals surface area contributed by atoms with E-state index in [1.165, 1.54) is 5.69 Å². The third-order valence-corrected chi connectivity index (χ3v) is 3.02. The minimum atomic E-state index is 0.241. The molecular weight excluding hydrogens is 218 g/mol. The summed E-state index contributed by atoms with van der Waals surface area (Å²) < 4.78 is 7.24. The van der Waals surface area contributed by atoms with Gasteiger partial charge in [0.2, 0.25) is 11.7 Å². The van der Waals surface area contributed by atoms with Gasteiger partial charge in [-0.1, -0.05) is 19.0 Å². The monoisotopic (exact) mass is 233 g/mol. The van der Waals surface area contributed by atoms with Crippen molar-refractivity contribution < 1.29 is 4.52 Å². The van der Waals surface area contributed by atoms with Gasteiger partial charge in [-0.05, 0) is 0 Å². The largest absolute Gasteiger partial charge is 0.339 e. The number of rotatable bonds is 2. The second-order valence-electron chi connectivity index (χ2n) is 4.60. The van der Waals surface area contributed by atoms with Crippen molar-refractivity contribution in [3.63, 3.8) is 0 Å². The van der Waals surface area contributed by atoms with Crippen LogP contribution in [-0.4, -0.2) is 19.7 Å². The van der Waals surface area contributed by atoms with Gasteiger partial charge in [0.25, 0.3) is 0 Å². The van der Waals surface area contributed by atoms with Gasteiger partial charge in [0.15, 0.2) is 5.82 Å². The lowest BCUT2D eigenvalue weighted by atomic mass is 10.2. The molecule has 6 nitrogen and oxygen atoms in total. The molecule has 6 heteroatoms. The zero-order valence-corrected chi connectivity index (χ0v) is 10.2. The summed E-state index contributed by atoms with van der Waals surface area (Å²) in [7, 11) is 1.99. The number of hydrogen-bond donors (Lipinski definition) is 1. The van der Waals surface area contributed by atoms with Gasteiger partial charge in [0, 0.05) is 26.1 Å². The van der Waals surface area contributed by atoms with Crippen molar-refractivity contribution in [2.45, 2.75) is 32.9 Å². The number of aromatic nitrogens is 4. The van der Waals surface area contributed by atoms with Gasteiger partial charge in [0.1, 0.15) is 0 Å². The quantitative estimate of drug-likeness (QED) is 0.844. The summed E-state index contributed by atoms with van der Waals surface area (Å²) >= 11 is 0. The number of hydrogen-bond acceptors (Lipinski definition) is 5. The predicted molar refractivity (Wildman–Crippen MR) is 61.1 cm³/mol. The maximum absolute atomic E-state index is 5.21. The molecule has 3 rings (SSSR count). The van der Waals surface area contributed by atoms with Gasteiger partial charge < -0.3 is 14.4 Å². The van der Waals surface area contributed by atoms with Crippen LogP contribution in [0.3, 0.4) is 0 Å². The van der Waals surface area contributed by atoms with E-state index in [0.29, 0.717) is 11.7 Å². The Morgan fingerprint density at radius 3 is 2.76 bits per heavy atom. The zero-order valence-electron chi connectivity index (χ0n) is 10.2. The fourth-order valence-corrected chi connectivity index (χ4v) is 2.01. The number of imidazole rings is 1. The Morgan fingerprint density at radius 1 is 1.29 bits per heavy atom. The first kappa shape index (κ1) is 10.5. The topological polar surface area (TPSA) is 68.8 Å². The summed E-state index contributed by atoms with van der Waals surface area (Å²) in [6.45, 7) is 5.73. The van der Waals surface area contributed by atoms with Crippen molar-refractivity contribution in [3.8, 4) is 11.6 Å². The van der Waals surface area contributed by atoms with Crippen LogP contribution in [0.15, 0.2) is 4.52 Å². The van der Waals surface area contributed by atoms with E-state index < -0.39 is 0 Å². The Bertz CT molecular complexity index is 554. The summed E-state index contributed by atoms with van der Waals surface area (Å²) in [5, 5.41) is 7.25. The number of nitrogens with zero attached hydrogens (tertiary/aromatic N) is 4. The van der Waals surface area contributed by atoms with Crippen LogP contribution >= 0.6 is 0 Å². The third kappa shape index (κ3) is 1.56. The van der Waals surface area contributed by atoms with E-state index in [1.807, 2.05) is 25.5 Å². The lowest BCUT2D eigenvalue weighted by Gasteiger charge is -2.00. The summed E-state index contributed by atoms with van der Waals surface area (Å²) in [5.41, 5.74) is 2.29. The van der Waals surface area contributed by atoms with Crippen LogP contribution in [0.1, 0.15) is 37.0 Å². The van der Waals surface area contributed by atoms with Gasteiger partial charge in [-0.2, -0.15) is 4.98 Å². The molecule has 0 amide bonds. The fourth-order valence-electron chi connectivity index (χ4n) is 2.01. The van der Waals surface area contributed by atoms with Crippen LogP contribution < -0.4 is 5.32 Å². The Morgan fingerprint density at radius 2 is 2.12 bits per heavy atom. The molecule has 0 saturated heterocycles. The maximum atomic E-state index is 5.21. The van der Waals surface area contributed by atoms with Crippen molar-refractivity contribution in [2.75, 3.05) is 0 Å². The standard InChI is InChI=1S/C11H15N5O/c1-6(2)11-14-9(15-17-11)10-13-7-4-12-5-8(7)16(10)3/h6,12H,4-5H2,1-3H3. The van der Waals surface area contributed by atoms with E-state index in [4.69, 9.17) is 4.52 Å². The molecule has 0 unspecified atom stereocenters. The van der Waals surface area contributed by atoms with Crippen LogP contribution in [0.4, 0.5) is 0 Å². The molecule has 3 heterocycles. The Labute approximate surface area is 99.0 Å². The minimum Gasteiger partial charge on any atom is -0.339 e. The molecule has 0 bridgehead atoms. The van der Waals surface area contributed by atoms with Crippen LogP contribution in [-0.2, 0) is 20.1 Å². The van der Waals surface area contributed by atoms with E-state index in [1.54, 1.807) is 0 Å². The average molecular weight is 233 g/mol. The molecule has 0 radical (unpaired) electrons. The maximum Gasteiger partial charge on any atom is 0.238 e. The van der Waals surface area contributed by atoms with E-state index >= 15 is 0 Å².